The number of nitrogens with zero attached hydrogens (tertiary/aromatic N) is 2. The summed E-state index contributed by atoms with van der Waals surface area (Å²) in [5, 5.41) is 18.1. The van der Waals surface area contributed by atoms with Gasteiger partial charge < -0.3 is 43.8 Å². The van der Waals surface area contributed by atoms with Crippen LogP contribution in [0.2, 0.25) is 0 Å². The lowest BCUT2D eigenvalue weighted by Gasteiger charge is -2.15. The molecule has 0 spiro atoms. The summed E-state index contributed by atoms with van der Waals surface area (Å²) in [4.78, 5) is 22.7. The number of aromatic nitrogens is 2. The molecule has 12 nitrogen and oxygen atoms in total. The maximum atomic E-state index is 9.10. The fraction of sp³-hybridized carbons (Fsp3) is 0.261. The second kappa shape index (κ2) is 11.0. The highest BCUT2D eigenvalue weighted by Crippen LogP contribution is 2.39. The number of ether oxygens (including phenoxy) is 5. The highest BCUT2D eigenvalue weighted by Gasteiger charge is 2.17. The van der Waals surface area contributed by atoms with E-state index in [-0.39, 0.29) is 6.79 Å². The first-order chi connectivity index (χ1) is 16.8. The lowest BCUT2D eigenvalue weighted by Crippen LogP contribution is -2.09. The van der Waals surface area contributed by atoms with Crippen LogP contribution in [-0.2, 0) is 23.2 Å². The van der Waals surface area contributed by atoms with E-state index in [9.17, 15) is 0 Å². The Morgan fingerprint density at radius 2 is 1.63 bits per heavy atom. The molecule has 186 valence electrons. The van der Waals surface area contributed by atoms with Gasteiger partial charge in [-0.05, 0) is 35.9 Å². The van der Waals surface area contributed by atoms with Crippen molar-refractivity contribution in [1.29, 1.82) is 0 Å². The molecule has 35 heavy (non-hydrogen) atoms. The quantitative estimate of drug-likeness (QED) is 0.422. The van der Waals surface area contributed by atoms with E-state index in [0.717, 1.165) is 34.3 Å². The average Bonchev–Trinajstić information content (AvgIpc) is 3.47. The van der Waals surface area contributed by atoms with Gasteiger partial charge in [-0.15, -0.1) is 0 Å². The molecule has 0 bridgehead atoms. The second-order valence-electron chi connectivity index (χ2n) is 7.09. The van der Waals surface area contributed by atoms with Crippen LogP contribution in [0, 0.1) is 0 Å². The molecule has 12 heteroatoms. The van der Waals surface area contributed by atoms with Crippen LogP contribution in [-0.4, -0.2) is 59.8 Å². The number of fused-ring (bicyclic) bond motifs is 1. The predicted molar refractivity (Wildman–Crippen MR) is 123 cm³/mol. The SMILES string of the molecule is COc1cc(CNc2ncc(-c3ccc4c(c3)OCO4)n2C)cc(OC)c1OC.O=C(O)C(=O)O. The van der Waals surface area contributed by atoms with Gasteiger partial charge in [0.2, 0.25) is 18.5 Å². The maximum Gasteiger partial charge on any atom is 0.414 e. The van der Waals surface area contributed by atoms with E-state index in [1.807, 2.05) is 48.1 Å². The van der Waals surface area contributed by atoms with Gasteiger partial charge in [0, 0.05) is 19.2 Å². The molecule has 0 aliphatic carbocycles. The van der Waals surface area contributed by atoms with Gasteiger partial charge in [0.25, 0.3) is 0 Å². The summed E-state index contributed by atoms with van der Waals surface area (Å²) in [7, 11) is 6.75. The number of nitrogens with one attached hydrogen (secondary N) is 1. The maximum absolute atomic E-state index is 9.10. The number of carboxylic acid groups (broad SMARTS) is 2. The first-order valence-corrected chi connectivity index (χ1v) is 10.2. The standard InChI is InChI=1S/C21H23N3O5.C2H2O4/c1-24-15(14-5-6-16-17(9-14)29-12-28-16)11-23-21(24)22-10-13-7-18(25-2)20(27-4)19(8-13)26-3;3-1(4)2(5)6/h5-9,11H,10,12H2,1-4H3,(H,22,23);(H,3,4)(H,5,6). The number of hydrogen-bond acceptors (Lipinski definition) is 9. The van der Waals surface area contributed by atoms with Crippen molar-refractivity contribution < 1.29 is 43.5 Å². The lowest BCUT2D eigenvalue weighted by atomic mass is 10.1. The zero-order chi connectivity index (χ0) is 25.5. The topological polar surface area (TPSA) is 151 Å². The molecule has 0 saturated carbocycles. The molecule has 3 N–H and O–H groups in total. The zero-order valence-electron chi connectivity index (χ0n) is 19.5. The molecule has 0 saturated heterocycles. The van der Waals surface area contributed by atoms with E-state index in [0.29, 0.717) is 23.8 Å². The third-order valence-electron chi connectivity index (χ3n) is 5.01. The Bertz CT molecular complexity index is 1190. The van der Waals surface area contributed by atoms with Crippen LogP contribution >= 0.6 is 0 Å². The molecule has 1 aliphatic heterocycles. The highest BCUT2D eigenvalue weighted by molar-refractivity contribution is 6.27. The van der Waals surface area contributed by atoms with Gasteiger partial charge in [-0.1, -0.05) is 0 Å². The molecule has 3 aromatic rings. The summed E-state index contributed by atoms with van der Waals surface area (Å²) in [5.41, 5.74) is 2.95. The van der Waals surface area contributed by atoms with E-state index in [1.54, 1.807) is 21.3 Å². The molecular formula is C23H25N3O9. The third-order valence-corrected chi connectivity index (χ3v) is 5.01. The number of hydrogen-bond donors (Lipinski definition) is 3. The van der Waals surface area contributed by atoms with Crippen LogP contribution in [0.25, 0.3) is 11.3 Å². The van der Waals surface area contributed by atoms with E-state index >= 15 is 0 Å². The lowest BCUT2D eigenvalue weighted by molar-refractivity contribution is -0.159. The van der Waals surface area contributed by atoms with Crippen molar-refractivity contribution in [3.8, 4) is 40.0 Å². The largest absolute Gasteiger partial charge is 0.493 e. The Morgan fingerprint density at radius 3 is 2.20 bits per heavy atom. The van der Waals surface area contributed by atoms with Crippen LogP contribution in [0.5, 0.6) is 28.7 Å². The number of anilines is 1. The number of rotatable bonds is 7. The monoisotopic (exact) mass is 487 g/mol. The zero-order valence-corrected chi connectivity index (χ0v) is 19.5. The predicted octanol–water partition coefficient (Wildman–Crippen LogP) is 2.61. The Labute approximate surface area is 200 Å². The van der Waals surface area contributed by atoms with Gasteiger partial charge in [0.05, 0.1) is 33.2 Å². The molecule has 2 aromatic carbocycles. The highest BCUT2D eigenvalue weighted by atomic mass is 16.7. The van der Waals surface area contributed by atoms with Crippen molar-refractivity contribution in [1.82, 2.24) is 9.55 Å². The van der Waals surface area contributed by atoms with Gasteiger partial charge in [0.1, 0.15) is 0 Å². The fourth-order valence-corrected chi connectivity index (χ4v) is 3.32. The van der Waals surface area contributed by atoms with Gasteiger partial charge in [-0.3, -0.25) is 0 Å². The minimum absolute atomic E-state index is 0.256. The van der Waals surface area contributed by atoms with Crippen molar-refractivity contribution in [2.75, 3.05) is 33.4 Å². The van der Waals surface area contributed by atoms with Gasteiger partial charge >= 0.3 is 11.9 Å². The fourth-order valence-electron chi connectivity index (χ4n) is 3.32. The molecule has 0 radical (unpaired) electrons. The van der Waals surface area contributed by atoms with Gasteiger partial charge in [-0.2, -0.15) is 0 Å². The van der Waals surface area contributed by atoms with Crippen molar-refractivity contribution >= 4 is 17.9 Å². The van der Waals surface area contributed by atoms with E-state index in [2.05, 4.69) is 10.3 Å². The molecular weight excluding hydrogens is 462 g/mol. The van der Waals surface area contributed by atoms with Crippen molar-refractivity contribution in [3.63, 3.8) is 0 Å². The number of carboxylic acids is 2. The second-order valence-corrected chi connectivity index (χ2v) is 7.09. The number of methoxy groups -OCH3 is 3. The molecule has 2 heterocycles. The normalized spacial score (nSPS) is 11.2. The minimum Gasteiger partial charge on any atom is -0.493 e. The summed E-state index contributed by atoms with van der Waals surface area (Å²) in [6, 6.07) is 9.69. The third kappa shape index (κ3) is 5.66. The number of aliphatic carboxylic acids is 2. The molecule has 0 unspecified atom stereocenters. The Balaban J connectivity index is 0.000000509. The number of benzene rings is 2. The van der Waals surface area contributed by atoms with Crippen LogP contribution in [0.4, 0.5) is 5.95 Å². The van der Waals surface area contributed by atoms with E-state index in [1.165, 1.54) is 0 Å². The summed E-state index contributed by atoms with van der Waals surface area (Å²) in [5.74, 6) is 0.402. The Hall–Kier alpha value is -4.61. The van der Waals surface area contributed by atoms with E-state index < -0.39 is 11.9 Å². The van der Waals surface area contributed by atoms with Crippen molar-refractivity contribution in [3.05, 3.63) is 42.1 Å². The van der Waals surface area contributed by atoms with Crippen LogP contribution < -0.4 is 29.0 Å². The Morgan fingerprint density at radius 1 is 1.00 bits per heavy atom. The van der Waals surface area contributed by atoms with Gasteiger partial charge in [0.15, 0.2) is 23.0 Å². The Kier molecular flexibility index (Phi) is 7.87. The average molecular weight is 487 g/mol. The molecule has 0 atom stereocenters. The first kappa shape index (κ1) is 25.0. The molecule has 0 amide bonds. The molecule has 4 rings (SSSR count). The summed E-state index contributed by atoms with van der Waals surface area (Å²) in [6.45, 7) is 0.800. The smallest absolute Gasteiger partial charge is 0.414 e. The first-order valence-electron chi connectivity index (χ1n) is 10.2. The molecule has 1 aromatic heterocycles. The molecule has 0 fully saturated rings. The van der Waals surface area contributed by atoms with Crippen LogP contribution in [0.1, 0.15) is 5.56 Å². The van der Waals surface area contributed by atoms with Gasteiger partial charge in [-0.25, -0.2) is 14.6 Å². The number of imidazole rings is 1. The van der Waals surface area contributed by atoms with E-state index in [4.69, 9.17) is 43.5 Å². The van der Waals surface area contributed by atoms with Crippen LogP contribution in [0.15, 0.2) is 36.5 Å². The summed E-state index contributed by atoms with van der Waals surface area (Å²) < 4.78 is 29.1. The van der Waals surface area contributed by atoms with Crippen molar-refractivity contribution in [2.24, 2.45) is 7.05 Å². The van der Waals surface area contributed by atoms with Crippen LogP contribution in [0.3, 0.4) is 0 Å². The minimum atomic E-state index is -1.82. The summed E-state index contributed by atoms with van der Waals surface area (Å²) in [6.07, 6.45) is 1.83. The molecule has 1 aliphatic rings. The van der Waals surface area contributed by atoms with Crippen molar-refractivity contribution in [2.45, 2.75) is 6.54 Å². The number of carbonyl (C=O) groups is 2. The summed E-state index contributed by atoms with van der Waals surface area (Å²) >= 11 is 0.